The minimum atomic E-state index is -4.02. The standard InChI is InChI=1S/C21H31N5O5S2/c1-3-25(4-2)32(28,29)17-7-9-18(10-8-17)33(30,31)26-12-5-6-19(21(23)27)20(26)16-11-13-24(14-16)15-22/h7-10,16,19-20H,3-6,11-14H2,1-2H3,(H2,23,27)/t16-,19?,20?/m1/s1. The first-order valence-electron chi connectivity index (χ1n) is 11.1. The Kier molecular flexibility index (Phi) is 7.68. The fourth-order valence-corrected chi connectivity index (χ4v) is 8.15. The first kappa shape index (κ1) is 25.4. The molecule has 33 heavy (non-hydrogen) atoms. The van der Waals surface area contributed by atoms with Crippen LogP contribution in [0.3, 0.4) is 0 Å². The minimum Gasteiger partial charge on any atom is -0.369 e. The largest absolute Gasteiger partial charge is 0.369 e. The number of hydrogen-bond acceptors (Lipinski definition) is 7. The summed E-state index contributed by atoms with van der Waals surface area (Å²) in [5.74, 6) is -1.38. The van der Waals surface area contributed by atoms with E-state index in [1.165, 1.54) is 32.9 Å². The molecule has 2 saturated heterocycles. The lowest BCUT2D eigenvalue weighted by Gasteiger charge is -2.42. The molecule has 182 valence electrons. The maximum absolute atomic E-state index is 13.6. The van der Waals surface area contributed by atoms with Gasteiger partial charge < -0.3 is 10.6 Å². The zero-order valence-electron chi connectivity index (χ0n) is 18.9. The molecule has 0 radical (unpaired) electrons. The number of nitrogens with two attached hydrogens (primary N) is 1. The van der Waals surface area contributed by atoms with Gasteiger partial charge in [0.1, 0.15) is 0 Å². The summed E-state index contributed by atoms with van der Waals surface area (Å²) >= 11 is 0. The molecule has 2 N–H and O–H groups in total. The molecular weight excluding hydrogens is 466 g/mol. The number of carbonyl (C=O) groups excluding carboxylic acids is 1. The summed E-state index contributed by atoms with van der Waals surface area (Å²) in [6.45, 7) is 5.21. The first-order valence-corrected chi connectivity index (χ1v) is 14.0. The number of nitrogens with zero attached hydrogens (tertiary/aromatic N) is 4. The van der Waals surface area contributed by atoms with Gasteiger partial charge in [-0.1, -0.05) is 13.8 Å². The molecule has 3 rings (SSSR count). The second-order valence-corrected chi connectivity index (χ2v) is 12.2. The molecule has 10 nitrogen and oxygen atoms in total. The van der Waals surface area contributed by atoms with Crippen LogP contribution in [0.25, 0.3) is 0 Å². The van der Waals surface area contributed by atoms with E-state index in [9.17, 15) is 26.9 Å². The van der Waals surface area contributed by atoms with Crippen molar-refractivity contribution in [1.29, 1.82) is 5.26 Å². The Hall–Kier alpha value is -2.20. The second-order valence-electron chi connectivity index (χ2n) is 8.41. The number of nitriles is 1. The van der Waals surface area contributed by atoms with E-state index in [0.29, 0.717) is 45.4 Å². The van der Waals surface area contributed by atoms with E-state index >= 15 is 0 Å². The van der Waals surface area contributed by atoms with Gasteiger partial charge in [-0.3, -0.25) is 4.79 Å². The second kappa shape index (κ2) is 9.97. The number of piperidine rings is 1. The van der Waals surface area contributed by atoms with Crippen molar-refractivity contribution >= 4 is 26.0 Å². The molecule has 1 aromatic carbocycles. The molecule has 0 aromatic heterocycles. The third kappa shape index (κ3) is 4.87. The maximum Gasteiger partial charge on any atom is 0.243 e. The predicted octanol–water partition coefficient (Wildman–Crippen LogP) is 0.775. The van der Waals surface area contributed by atoms with Crippen LogP contribution in [0.1, 0.15) is 33.1 Å². The van der Waals surface area contributed by atoms with E-state index in [1.54, 1.807) is 18.7 Å². The lowest BCUT2D eigenvalue weighted by atomic mass is 9.81. The molecule has 0 aliphatic carbocycles. The number of hydrogen-bond donors (Lipinski definition) is 1. The molecule has 2 unspecified atom stereocenters. The smallest absolute Gasteiger partial charge is 0.243 e. The van der Waals surface area contributed by atoms with Gasteiger partial charge in [-0.05, 0) is 49.4 Å². The quantitative estimate of drug-likeness (QED) is 0.522. The van der Waals surface area contributed by atoms with Crippen LogP contribution in [0, 0.1) is 23.3 Å². The van der Waals surface area contributed by atoms with Crippen LogP contribution in [0.15, 0.2) is 34.1 Å². The van der Waals surface area contributed by atoms with Crippen molar-refractivity contribution in [1.82, 2.24) is 13.5 Å². The molecule has 0 saturated carbocycles. The van der Waals surface area contributed by atoms with Gasteiger partial charge in [0.25, 0.3) is 0 Å². The van der Waals surface area contributed by atoms with Gasteiger partial charge in [0.2, 0.25) is 26.0 Å². The van der Waals surface area contributed by atoms with Crippen LogP contribution in [0.4, 0.5) is 0 Å². The third-order valence-electron chi connectivity index (χ3n) is 6.63. The van der Waals surface area contributed by atoms with Gasteiger partial charge in [-0.25, -0.2) is 16.8 Å². The summed E-state index contributed by atoms with van der Waals surface area (Å²) in [7, 11) is -7.73. The summed E-state index contributed by atoms with van der Waals surface area (Å²) in [6, 6.07) is 4.56. The summed E-state index contributed by atoms with van der Waals surface area (Å²) in [4.78, 5) is 13.8. The number of carbonyl (C=O) groups is 1. The van der Waals surface area contributed by atoms with E-state index in [1.807, 2.05) is 0 Å². The van der Waals surface area contributed by atoms with Crippen LogP contribution >= 0.6 is 0 Å². The zero-order chi connectivity index (χ0) is 24.4. The van der Waals surface area contributed by atoms with Crippen molar-refractivity contribution in [3.8, 4) is 6.19 Å². The Morgan fingerprint density at radius 1 is 1.09 bits per heavy atom. The Labute approximate surface area is 196 Å². The zero-order valence-corrected chi connectivity index (χ0v) is 20.6. The van der Waals surface area contributed by atoms with E-state index < -0.39 is 37.9 Å². The fraction of sp³-hybridized carbons (Fsp3) is 0.619. The molecule has 12 heteroatoms. The average molecular weight is 498 g/mol. The van der Waals surface area contributed by atoms with Crippen LogP contribution in [0.2, 0.25) is 0 Å². The minimum absolute atomic E-state index is 0.0239. The van der Waals surface area contributed by atoms with Crippen molar-refractivity contribution in [2.45, 2.75) is 48.9 Å². The van der Waals surface area contributed by atoms with Crippen LogP contribution in [-0.4, -0.2) is 75.0 Å². The highest BCUT2D eigenvalue weighted by Gasteiger charge is 2.47. The Morgan fingerprint density at radius 2 is 1.70 bits per heavy atom. The maximum atomic E-state index is 13.6. The molecule has 2 aliphatic rings. The van der Waals surface area contributed by atoms with Crippen LogP contribution in [-0.2, 0) is 24.8 Å². The van der Waals surface area contributed by atoms with Crippen LogP contribution < -0.4 is 5.73 Å². The van der Waals surface area contributed by atoms with Crippen molar-refractivity contribution in [2.24, 2.45) is 17.6 Å². The SMILES string of the molecule is CCN(CC)S(=O)(=O)c1ccc(S(=O)(=O)N2CCCC(C(N)=O)C2[C@@H]2CCN(C#N)C2)cc1. The van der Waals surface area contributed by atoms with Crippen molar-refractivity contribution in [2.75, 3.05) is 32.7 Å². The normalized spacial score (nSPS) is 24.7. The Morgan fingerprint density at radius 3 is 2.21 bits per heavy atom. The first-order chi connectivity index (χ1) is 15.6. The van der Waals surface area contributed by atoms with Gasteiger partial charge in [0, 0.05) is 38.8 Å². The molecule has 3 atom stereocenters. The summed E-state index contributed by atoms with van der Waals surface area (Å²) in [5.41, 5.74) is 5.65. The molecule has 0 spiro atoms. The summed E-state index contributed by atoms with van der Waals surface area (Å²) < 4.78 is 55.4. The number of rotatable bonds is 8. The van der Waals surface area contributed by atoms with Crippen molar-refractivity contribution in [3.05, 3.63) is 24.3 Å². The number of benzene rings is 1. The predicted molar refractivity (Wildman–Crippen MR) is 121 cm³/mol. The van der Waals surface area contributed by atoms with E-state index in [2.05, 4.69) is 6.19 Å². The van der Waals surface area contributed by atoms with Gasteiger partial charge >= 0.3 is 0 Å². The average Bonchev–Trinajstić information content (AvgIpc) is 3.28. The highest BCUT2D eigenvalue weighted by atomic mass is 32.2. The molecule has 2 fully saturated rings. The van der Waals surface area contributed by atoms with Gasteiger partial charge in [0.05, 0.1) is 15.7 Å². The number of likely N-dealkylation sites (tertiary alicyclic amines) is 1. The molecule has 0 bridgehead atoms. The summed E-state index contributed by atoms with van der Waals surface area (Å²) in [5, 5.41) is 9.23. The Bertz CT molecular complexity index is 1110. The van der Waals surface area contributed by atoms with E-state index in [0.717, 1.165) is 0 Å². The van der Waals surface area contributed by atoms with Gasteiger partial charge in [-0.15, -0.1) is 0 Å². The lowest BCUT2D eigenvalue weighted by Crippen LogP contribution is -2.55. The summed E-state index contributed by atoms with van der Waals surface area (Å²) in [6.07, 6.45) is 3.67. The van der Waals surface area contributed by atoms with Gasteiger partial charge in [-0.2, -0.15) is 13.9 Å². The highest BCUT2D eigenvalue weighted by molar-refractivity contribution is 7.89. The molecule has 1 amide bonds. The topological polar surface area (TPSA) is 145 Å². The molecule has 2 aliphatic heterocycles. The molecule has 1 aromatic rings. The third-order valence-corrected chi connectivity index (χ3v) is 10.6. The van der Waals surface area contributed by atoms with Gasteiger partial charge in [0.15, 0.2) is 6.19 Å². The Balaban J connectivity index is 1.95. The van der Waals surface area contributed by atoms with Crippen LogP contribution in [0.5, 0.6) is 0 Å². The molecular formula is C21H31N5O5S2. The van der Waals surface area contributed by atoms with E-state index in [4.69, 9.17) is 5.73 Å². The van der Waals surface area contributed by atoms with E-state index in [-0.39, 0.29) is 22.3 Å². The monoisotopic (exact) mass is 497 g/mol. The van der Waals surface area contributed by atoms with Crippen molar-refractivity contribution in [3.63, 3.8) is 0 Å². The molecule has 2 heterocycles. The lowest BCUT2D eigenvalue weighted by molar-refractivity contribution is -0.125. The van der Waals surface area contributed by atoms with Crippen molar-refractivity contribution < 1.29 is 21.6 Å². The fourth-order valence-electron chi connectivity index (χ4n) is 4.93. The number of primary amides is 1. The highest BCUT2D eigenvalue weighted by Crippen LogP contribution is 2.37. The number of sulfonamides is 2. The number of amides is 1.